The maximum Gasteiger partial charge on any atom is 0.0863 e. The number of hydrogen-bond donors (Lipinski definition) is 1. The Hall–Kier alpha value is -0.0800. The molecule has 3 rings (SSSR count). The lowest BCUT2D eigenvalue weighted by molar-refractivity contribution is -0.130. The SMILES string of the molecule is C[C@H]([C@@H]1CO1)[C@@]1(O)C[C@H]2CC[C@]1(C)C2(C)C. The molecule has 5 atom stereocenters. The summed E-state index contributed by atoms with van der Waals surface area (Å²) < 4.78 is 5.41. The van der Waals surface area contributed by atoms with Gasteiger partial charge in [-0.15, -0.1) is 0 Å². The van der Waals surface area contributed by atoms with E-state index in [1.54, 1.807) is 0 Å². The first-order chi connectivity index (χ1) is 7.33. The molecule has 0 aromatic carbocycles. The average Bonchev–Trinajstić information content (AvgIpc) is 2.99. The van der Waals surface area contributed by atoms with Crippen molar-refractivity contribution in [1.82, 2.24) is 0 Å². The molecule has 2 bridgehead atoms. The average molecular weight is 224 g/mol. The summed E-state index contributed by atoms with van der Waals surface area (Å²) in [4.78, 5) is 0. The van der Waals surface area contributed by atoms with Gasteiger partial charge in [-0.3, -0.25) is 0 Å². The Morgan fingerprint density at radius 2 is 1.94 bits per heavy atom. The zero-order chi connectivity index (χ0) is 11.8. The summed E-state index contributed by atoms with van der Waals surface area (Å²) in [6.45, 7) is 10.0. The van der Waals surface area contributed by atoms with E-state index in [4.69, 9.17) is 4.74 Å². The van der Waals surface area contributed by atoms with Crippen molar-refractivity contribution in [3.8, 4) is 0 Å². The lowest BCUT2D eigenvalue weighted by Crippen LogP contribution is -2.53. The Bertz CT molecular complexity index is 321. The summed E-state index contributed by atoms with van der Waals surface area (Å²) in [6, 6.07) is 0. The lowest BCUT2D eigenvalue weighted by atomic mass is 9.60. The highest BCUT2D eigenvalue weighted by Crippen LogP contribution is 2.71. The van der Waals surface area contributed by atoms with Gasteiger partial charge in [-0.05, 0) is 30.6 Å². The highest BCUT2D eigenvalue weighted by atomic mass is 16.6. The Balaban J connectivity index is 1.98. The van der Waals surface area contributed by atoms with Gasteiger partial charge in [0.1, 0.15) is 0 Å². The van der Waals surface area contributed by atoms with Crippen LogP contribution in [-0.2, 0) is 4.74 Å². The predicted octanol–water partition coefficient (Wildman–Crippen LogP) is 2.60. The number of fused-ring (bicyclic) bond motifs is 2. The number of rotatable bonds is 2. The van der Waals surface area contributed by atoms with Gasteiger partial charge < -0.3 is 9.84 Å². The minimum Gasteiger partial charge on any atom is -0.389 e. The second-order valence-corrected chi connectivity index (χ2v) is 7.08. The summed E-state index contributed by atoms with van der Waals surface area (Å²) in [5, 5.41) is 11.2. The van der Waals surface area contributed by atoms with Crippen molar-refractivity contribution in [1.29, 1.82) is 0 Å². The molecule has 1 heterocycles. The van der Waals surface area contributed by atoms with Crippen LogP contribution in [0.5, 0.6) is 0 Å². The molecule has 92 valence electrons. The molecule has 2 aliphatic carbocycles. The van der Waals surface area contributed by atoms with Gasteiger partial charge >= 0.3 is 0 Å². The van der Waals surface area contributed by atoms with Gasteiger partial charge in [-0.1, -0.05) is 27.7 Å². The van der Waals surface area contributed by atoms with Crippen LogP contribution < -0.4 is 0 Å². The second-order valence-electron chi connectivity index (χ2n) is 7.08. The van der Waals surface area contributed by atoms with Crippen LogP contribution in [0.15, 0.2) is 0 Å². The van der Waals surface area contributed by atoms with E-state index in [1.807, 2.05) is 0 Å². The van der Waals surface area contributed by atoms with Gasteiger partial charge in [0, 0.05) is 11.3 Å². The summed E-state index contributed by atoms with van der Waals surface area (Å²) in [5.74, 6) is 0.991. The molecule has 1 aliphatic heterocycles. The Morgan fingerprint density at radius 1 is 1.31 bits per heavy atom. The van der Waals surface area contributed by atoms with Crippen LogP contribution >= 0.6 is 0 Å². The molecule has 2 saturated carbocycles. The molecule has 1 N–H and O–H groups in total. The topological polar surface area (TPSA) is 32.8 Å². The van der Waals surface area contributed by atoms with Gasteiger partial charge in [0.15, 0.2) is 0 Å². The minimum atomic E-state index is -0.499. The van der Waals surface area contributed by atoms with Crippen molar-refractivity contribution in [3.05, 3.63) is 0 Å². The van der Waals surface area contributed by atoms with Crippen molar-refractivity contribution in [2.75, 3.05) is 6.61 Å². The van der Waals surface area contributed by atoms with Crippen molar-refractivity contribution in [2.24, 2.45) is 22.7 Å². The predicted molar refractivity (Wildman–Crippen MR) is 63.1 cm³/mol. The highest BCUT2D eigenvalue weighted by molar-refractivity contribution is 5.20. The summed E-state index contributed by atoms with van der Waals surface area (Å²) >= 11 is 0. The Kier molecular flexibility index (Phi) is 1.96. The summed E-state index contributed by atoms with van der Waals surface area (Å²) in [7, 11) is 0. The zero-order valence-electron chi connectivity index (χ0n) is 10.9. The van der Waals surface area contributed by atoms with Crippen LogP contribution in [0.2, 0.25) is 0 Å². The first-order valence-corrected chi connectivity index (χ1v) is 6.67. The Morgan fingerprint density at radius 3 is 2.31 bits per heavy atom. The van der Waals surface area contributed by atoms with Gasteiger partial charge in [0.25, 0.3) is 0 Å². The van der Waals surface area contributed by atoms with Gasteiger partial charge in [0.05, 0.1) is 18.3 Å². The van der Waals surface area contributed by atoms with Crippen LogP contribution in [0.25, 0.3) is 0 Å². The molecule has 3 fully saturated rings. The molecule has 2 heteroatoms. The van der Waals surface area contributed by atoms with Gasteiger partial charge in [-0.25, -0.2) is 0 Å². The Labute approximate surface area is 98.4 Å². The van der Waals surface area contributed by atoms with E-state index in [0.29, 0.717) is 17.9 Å². The maximum absolute atomic E-state index is 11.2. The lowest BCUT2D eigenvalue weighted by Gasteiger charge is -2.48. The van der Waals surface area contributed by atoms with E-state index in [0.717, 1.165) is 13.0 Å². The monoisotopic (exact) mass is 224 g/mol. The molecule has 1 saturated heterocycles. The summed E-state index contributed by atoms with van der Waals surface area (Å²) in [5.41, 5.74) is -0.137. The largest absolute Gasteiger partial charge is 0.389 e. The van der Waals surface area contributed by atoms with Crippen molar-refractivity contribution >= 4 is 0 Å². The third kappa shape index (κ3) is 1.01. The number of ether oxygens (including phenoxy) is 1. The van der Waals surface area contributed by atoms with Crippen molar-refractivity contribution < 1.29 is 9.84 Å². The quantitative estimate of drug-likeness (QED) is 0.731. The second kappa shape index (κ2) is 2.84. The van der Waals surface area contributed by atoms with Crippen molar-refractivity contribution in [2.45, 2.75) is 58.7 Å². The van der Waals surface area contributed by atoms with E-state index < -0.39 is 5.60 Å². The standard InChI is InChI=1S/C14H24O2/c1-9(11-8-16-11)14(15)7-10-5-6-13(14,4)12(10,2)3/h9-11,15H,5-8H2,1-4H3/t9-,10-,11+,13-,14+/m1/s1. The third-order valence-corrected chi connectivity index (χ3v) is 6.62. The molecule has 0 unspecified atom stereocenters. The number of epoxide rings is 1. The fourth-order valence-electron chi connectivity index (χ4n) is 4.67. The number of hydrogen-bond acceptors (Lipinski definition) is 2. The molecule has 0 aromatic heterocycles. The minimum absolute atomic E-state index is 0.0794. The molecule has 0 spiro atoms. The molecular formula is C14H24O2. The highest BCUT2D eigenvalue weighted by Gasteiger charge is 2.70. The van der Waals surface area contributed by atoms with Gasteiger partial charge in [-0.2, -0.15) is 0 Å². The molecular weight excluding hydrogens is 200 g/mol. The van der Waals surface area contributed by atoms with E-state index in [9.17, 15) is 5.11 Å². The van der Waals surface area contributed by atoms with Crippen LogP contribution in [0.3, 0.4) is 0 Å². The molecule has 2 nitrogen and oxygen atoms in total. The molecule has 0 aromatic rings. The first-order valence-electron chi connectivity index (χ1n) is 6.67. The van der Waals surface area contributed by atoms with Crippen LogP contribution in [-0.4, -0.2) is 23.4 Å². The third-order valence-electron chi connectivity index (χ3n) is 6.62. The maximum atomic E-state index is 11.2. The normalized spacial score (nSPS) is 55.3. The first kappa shape index (κ1) is 11.0. The van der Waals surface area contributed by atoms with E-state index in [-0.39, 0.29) is 10.8 Å². The molecule has 0 amide bonds. The van der Waals surface area contributed by atoms with E-state index >= 15 is 0 Å². The van der Waals surface area contributed by atoms with E-state index in [1.165, 1.54) is 12.8 Å². The molecule has 16 heavy (non-hydrogen) atoms. The molecule has 0 radical (unpaired) electrons. The van der Waals surface area contributed by atoms with E-state index in [2.05, 4.69) is 27.7 Å². The van der Waals surface area contributed by atoms with Crippen LogP contribution in [0.1, 0.15) is 47.0 Å². The smallest absolute Gasteiger partial charge is 0.0863 e. The number of aliphatic hydroxyl groups is 1. The fourth-order valence-corrected chi connectivity index (χ4v) is 4.67. The van der Waals surface area contributed by atoms with Crippen LogP contribution in [0, 0.1) is 22.7 Å². The van der Waals surface area contributed by atoms with Crippen LogP contribution in [0.4, 0.5) is 0 Å². The van der Waals surface area contributed by atoms with Crippen molar-refractivity contribution in [3.63, 3.8) is 0 Å². The zero-order valence-corrected chi connectivity index (χ0v) is 10.9. The van der Waals surface area contributed by atoms with Gasteiger partial charge in [0.2, 0.25) is 0 Å². The fraction of sp³-hybridized carbons (Fsp3) is 1.00. The summed E-state index contributed by atoms with van der Waals surface area (Å²) in [6.07, 6.45) is 3.77. The molecule has 3 aliphatic rings.